The number of amides is 1. The van der Waals surface area contributed by atoms with Crippen LogP contribution in [0.1, 0.15) is 31.9 Å². The summed E-state index contributed by atoms with van der Waals surface area (Å²) in [5, 5.41) is 11.7. The zero-order chi connectivity index (χ0) is 15.2. The van der Waals surface area contributed by atoms with E-state index in [2.05, 4.69) is 5.32 Å². The summed E-state index contributed by atoms with van der Waals surface area (Å²) < 4.78 is 18.1. The lowest BCUT2D eigenvalue weighted by Gasteiger charge is -2.19. The van der Waals surface area contributed by atoms with Crippen molar-refractivity contribution in [2.24, 2.45) is 0 Å². The predicted molar refractivity (Wildman–Crippen MR) is 75.6 cm³/mol. The number of hydrogen-bond donors (Lipinski definition) is 2. The summed E-state index contributed by atoms with van der Waals surface area (Å²) in [5.41, 5.74) is 0.674. The largest absolute Gasteiger partial charge is 0.444 e. The summed E-state index contributed by atoms with van der Waals surface area (Å²) >= 11 is 0. The molecule has 0 aliphatic carbocycles. The van der Waals surface area contributed by atoms with Crippen LogP contribution in [0, 0.1) is 5.82 Å². The Bertz CT molecular complexity index is 492. The van der Waals surface area contributed by atoms with Crippen molar-refractivity contribution in [2.45, 2.75) is 33.0 Å². The molecule has 0 saturated heterocycles. The molecule has 5 heteroatoms. The van der Waals surface area contributed by atoms with Crippen LogP contribution in [0.4, 0.5) is 9.18 Å². The molecule has 0 bridgehead atoms. The third-order valence-corrected chi connectivity index (χ3v) is 2.34. The van der Waals surface area contributed by atoms with Gasteiger partial charge < -0.3 is 15.2 Å². The number of ether oxygens (including phenoxy) is 1. The van der Waals surface area contributed by atoms with E-state index in [1.807, 2.05) is 0 Å². The maximum absolute atomic E-state index is 13.0. The molecule has 0 unspecified atom stereocenters. The molecule has 0 aromatic heterocycles. The van der Waals surface area contributed by atoms with Crippen LogP contribution < -0.4 is 5.32 Å². The van der Waals surface area contributed by atoms with E-state index >= 15 is 0 Å². The van der Waals surface area contributed by atoms with E-state index in [1.165, 1.54) is 12.1 Å². The van der Waals surface area contributed by atoms with E-state index in [9.17, 15) is 9.18 Å². The van der Waals surface area contributed by atoms with Gasteiger partial charge in [0.15, 0.2) is 0 Å². The summed E-state index contributed by atoms with van der Waals surface area (Å²) in [6, 6.07) is 4.17. The highest BCUT2D eigenvalue weighted by atomic mass is 19.1. The Morgan fingerprint density at radius 1 is 1.45 bits per heavy atom. The van der Waals surface area contributed by atoms with E-state index in [0.717, 1.165) is 0 Å². The maximum Gasteiger partial charge on any atom is 0.407 e. The highest BCUT2D eigenvalue weighted by molar-refractivity contribution is 5.68. The molecule has 0 aliphatic rings. The molecule has 0 saturated carbocycles. The zero-order valence-corrected chi connectivity index (χ0v) is 11.9. The fourth-order valence-corrected chi connectivity index (χ4v) is 1.52. The van der Waals surface area contributed by atoms with Crippen LogP contribution in [0.2, 0.25) is 0 Å². The first-order valence-electron chi connectivity index (χ1n) is 6.34. The maximum atomic E-state index is 13.0. The molecule has 1 aromatic rings. The fourth-order valence-electron chi connectivity index (χ4n) is 1.52. The Morgan fingerprint density at radius 2 is 2.15 bits per heavy atom. The van der Waals surface area contributed by atoms with E-state index in [-0.39, 0.29) is 13.2 Å². The van der Waals surface area contributed by atoms with Crippen LogP contribution in [0.15, 0.2) is 24.3 Å². The number of rotatable bonds is 4. The summed E-state index contributed by atoms with van der Waals surface area (Å²) in [4.78, 5) is 11.4. The van der Waals surface area contributed by atoms with E-state index in [4.69, 9.17) is 9.84 Å². The Hall–Kier alpha value is -1.88. The van der Waals surface area contributed by atoms with Gasteiger partial charge in [-0.3, -0.25) is 0 Å². The summed E-state index contributed by atoms with van der Waals surface area (Å²) in [5.74, 6) is -0.391. The zero-order valence-electron chi connectivity index (χ0n) is 11.9. The first kappa shape index (κ1) is 16.2. The van der Waals surface area contributed by atoms with Crippen LogP contribution in [-0.4, -0.2) is 23.3 Å². The number of hydrogen-bond acceptors (Lipinski definition) is 3. The molecule has 1 aromatic carbocycles. The molecule has 0 radical (unpaired) electrons. The number of nitrogens with one attached hydrogen (secondary N) is 1. The lowest BCUT2D eigenvalue weighted by atomic mass is 10.1. The normalized spacial score (nSPS) is 11.7. The minimum Gasteiger partial charge on any atom is -0.444 e. The molecule has 0 heterocycles. The lowest BCUT2D eigenvalue weighted by molar-refractivity contribution is 0.0534. The Labute approximate surface area is 118 Å². The second-order valence-corrected chi connectivity index (χ2v) is 5.29. The van der Waals surface area contributed by atoms with Gasteiger partial charge in [-0.15, -0.1) is 0 Å². The van der Waals surface area contributed by atoms with Gasteiger partial charge in [0.25, 0.3) is 0 Å². The van der Waals surface area contributed by atoms with Crippen molar-refractivity contribution in [3.05, 3.63) is 41.2 Å². The average Bonchev–Trinajstić information content (AvgIpc) is 2.33. The van der Waals surface area contributed by atoms with Gasteiger partial charge in [0.05, 0.1) is 6.61 Å². The quantitative estimate of drug-likeness (QED) is 0.892. The molecule has 1 amide bonds. The fraction of sp³-hybridized carbons (Fsp3) is 0.400. The van der Waals surface area contributed by atoms with Crippen LogP contribution in [0.5, 0.6) is 0 Å². The monoisotopic (exact) mass is 281 g/mol. The number of halogens is 1. The summed E-state index contributed by atoms with van der Waals surface area (Å²) in [6.45, 7) is 5.41. The SMILES string of the molecule is CC(C)(C)OC(=O)NCC=Cc1ccc(F)cc1CO. The topological polar surface area (TPSA) is 58.6 Å². The molecule has 4 nitrogen and oxygen atoms in total. The van der Waals surface area contributed by atoms with Crippen LogP contribution in [0.3, 0.4) is 0 Å². The van der Waals surface area contributed by atoms with Crippen molar-refractivity contribution in [3.63, 3.8) is 0 Å². The first-order valence-corrected chi connectivity index (χ1v) is 6.34. The molecule has 0 fully saturated rings. The molecule has 0 aliphatic heterocycles. The second-order valence-electron chi connectivity index (χ2n) is 5.29. The highest BCUT2D eigenvalue weighted by Gasteiger charge is 2.14. The molecule has 2 N–H and O–H groups in total. The lowest BCUT2D eigenvalue weighted by Crippen LogP contribution is -2.32. The molecule has 110 valence electrons. The van der Waals surface area contributed by atoms with Gasteiger partial charge in [-0.2, -0.15) is 0 Å². The smallest absolute Gasteiger partial charge is 0.407 e. The first-order chi connectivity index (χ1) is 9.31. The predicted octanol–water partition coefficient (Wildman–Crippen LogP) is 2.86. The van der Waals surface area contributed by atoms with Gasteiger partial charge in [0.2, 0.25) is 0 Å². The van der Waals surface area contributed by atoms with Crippen LogP contribution >= 0.6 is 0 Å². The number of benzene rings is 1. The molecule has 1 rings (SSSR count). The van der Waals surface area contributed by atoms with Crippen LogP contribution in [-0.2, 0) is 11.3 Å². The Balaban J connectivity index is 2.52. The molecule has 20 heavy (non-hydrogen) atoms. The van der Waals surface area contributed by atoms with Crippen molar-refractivity contribution in [1.29, 1.82) is 0 Å². The van der Waals surface area contributed by atoms with Crippen molar-refractivity contribution in [3.8, 4) is 0 Å². The van der Waals surface area contributed by atoms with Gasteiger partial charge in [-0.05, 0) is 44.0 Å². The second kappa shape index (κ2) is 7.05. The standard InChI is InChI=1S/C15H20FNO3/c1-15(2,3)20-14(19)17-8-4-5-11-6-7-13(16)9-12(11)10-18/h4-7,9,18H,8,10H2,1-3H3,(H,17,19). The van der Waals surface area contributed by atoms with Crippen molar-refractivity contribution in [1.82, 2.24) is 5.32 Å². The van der Waals surface area contributed by atoms with Crippen molar-refractivity contribution in [2.75, 3.05) is 6.54 Å². The molecular weight excluding hydrogens is 261 g/mol. The number of carbonyl (C=O) groups excluding carboxylic acids is 1. The van der Waals surface area contributed by atoms with E-state index < -0.39 is 17.5 Å². The van der Waals surface area contributed by atoms with Crippen LogP contribution in [0.25, 0.3) is 6.08 Å². The van der Waals surface area contributed by atoms with E-state index in [1.54, 1.807) is 39.0 Å². The highest BCUT2D eigenvalue weighted by Crippen LogP contribution is 2.13. The number of alkyl carbamates (subject to hydrolysis) is 1. The molecular formula is C15H20FNO3. The van der Waals surface area contributed by atoms with Gasteiger partial charge in [0, 0.05) is 6.54 Å². The minimum absolute atomic E-state index is 0.239. The van der Waals surface area contributed by atoms with Gasteiger partial charge in [-0.25, -0.2) is 9.18 Å². The van der Waals surface area contributed by atoms with Crippen molar-refractivity contribution >= 4 is 12.2 Å². The van der Waals surface area contributed by atoms with Gasteiger partial charge in [0.1, 0.15) is 11.4 Å². The van der Waals surface area contributed by atoms with E-state index in [0.29, 0.717) is 11.1 Å². The third-order valence-electron chi connectivity index (χ3n) is 2.34. The number of aliphatic hydroxyl groups excluding tert-OH is 1. The average molecular weight is 281 g/mol. The minimum atomic E-state index is -0.533. The number of carbonyl (C=O) groups is 1. The Morgan fingerprint density at radius 3 is 2.75 bits per heavy atom. The summed E-state index contributed by atoms with van der Waals surface area (Å²) in [6.07, 6.45) is 2.92. The summed E-state index contributed by atoms with van der Waals surface area (Å²) in [7, 11) is 0. The number of aliphatic hydroxyl groups is 1. The van der Waals surface area contributed by atoms with Gasteiger partial charge in [-0.1, -0.05) is 18.2 Å². The van der Waals surface area contributed by atoms with Gasteiger partial charge >= 0.3 is 6.09 Å². The molecule has 0 atom stereocenters. The van der Waals surface area contributed by atoms with Crippen molar-refractivity contribution < 1.29 is 19.0 Å². The molecule has 0 spiro atoms. The Kier molecular flexibility index (Phi) is 5.70. The third kappa shape index (κ3) is 5.84.